The average Bonchev–Trinajstić information content (AvgIpc) is 2.69. The molecule has 1 saturated heterocycles. The summed E-state index contributed by atoms with van der Waals surface area (Å²) < 4.78 is 32.8. The van der Waals surface area contributed by atoms with Gasteiger partial charge in [-0.05, 0) is 37.1 Å². The Balaban J connectivity index is 1.75. The maximum absolute atomic E-state index is 13.0. The molecule has 0 aliphatic carbocycles. The highest BCUT2D eigenvalue weighted by molar-refractivity contribution is 7.89. The molecule has 0 aromatic heterocycles. The minimum Gasteiger partial charge on any atom is -0.495 e. The van der Waals surface area contributed by atoms with E-state index in [0.29, 0.717) is 24.4 Å². The summed E-state index contributed by atoms with van der Waals surface area (Å²) in [5.74, 6) is 0.350. The van der Waals surface area contributed by atoms with Crippen molar-refractivity contribution in [3.8, 4) is 5.75 Å². The van der Waals surface area contributed by atoms with Crippen molar-refractivity contribution in [3.63, 3.8) is 0 Å². The third-order valence-corrected chi connectivity index (χ3v) is 6.69. The van der Waals surface area contributed by atoms with E-state index >= 15 is 0 Å². The first-order chi connectivity index (χ1) is 13.0. The Morgan fingerprint density at radius 3 is 2.56 bits per heavy atom. The van der Waals surface area contributed by atoms with Crippen LogP contribution in [0.5, 0.6) is 5.75 Å². The molecule has 0 bridgehead atoms. The molecule has 0 spiro atoms. The number of sulfonamides is 1. The van der Waals surface area contributed by atoms with Crippen molar-refractivity contribution in [2.24, 2.45) is 0 Å². The van der Waals surface area contributed by atoms with Gasteiger partial charge in [-0.3, -0.25) is 4.79 Å². The van der Waals surface area contributed by atoms with Crippen molar-refractivity contribution in [2.75, 3.05) is 19.0 Å². The van der Waals surface area contributed by atoms with Crippen LogP contribution >= 0.6 is 0 Å². The predicted molar refractivity (Wildman–Crippen MR) is 104 cm³/mol. The predicted octanol–water partition coefficient (Wildman–Crippen LogP) is 3.27. The van der Waals surface area contributed by atoms with Gasteiger partial charge in [0.05, 0.1) is 17.7 Å². The van der Waals surface area contributed by atoms with Crippen LogP contribution in [-0.4, -0.2) is 38.3 Å². The molecule has 1 aliphatic rings. The van der Waals surface area contributed by atoms with Crippen molar-refractivity contribution >= 4 is 21.6 Å². The third-order valence-electron chi connectivity index (χ3n) is 4.72. The summed E-state index contributed by atoms with van der Waals surface area (Å²) in [6.45, 7) is 0.434. The number of carbonyl (C=O) groups excluding carboxylic acids is 1. The van der Waals surface area contributed by atoms with E-state index in [-0.39, 0.29) is 23.3 Å². The van der Waals surface area contributed by atoms with Gasteiger partial charge in [-0.15, -0.1) is 0 Å². The molecule has 2 aromatic carbocycles. The second kappa shape index (κ2) is 8.54. The number of benzene rings is 2. The van der Waals surface area contributed by atoms with E-state index in [1.165, 1.54) is 4.31 Å². The zero-order chi connectivity index (χ0) is 19.3. The number of rotatable bonds is 6. The first-order valence-corrected chi connectivity index (χ1v) is 10.5. The van der Waals surface area contributed by atoms with Gasteiger partial charge < -0.3 is 10.1 Å². The molecule has 1 N–H and O–H groups in total. The number of ether oxygens (including phenoxy) is 1. The lowest BCUT2D eigenvalue weighted by Gasteiger charge is -2.34. The monoisotopic (exact) mass is 388 g/mol. The number of para-hydroxylation sites is 2. The molecule has 2 aromatic rings. The highest BCUT2D eigenvalue weighted by atomic mass is 32.2. The highest BCUT2D eigenvalue weighted by Gasteiger charge is 2.34. The number of methoxy groups -OCH3 is 1. The fourth-order valence-electron chi connectivity index (χ4n) is 3.39. The molecule has 6 nitrogen and oxygen atoms in total. The fraction of sp³-hybridized carbons (Fsp3) is 0.350. The standard InChI is InChI=1S/C20H24N2O4S/c1-26-19-13-6-5-12-18(19)21-20(23)15-16-9-7-8-14-22(16)27(24,25)17-10-3-2-4-11-17/h2-6,10-13,16H,7-9,14-15H2,1H3,(H,21,23). The Morgan fingerprint density at radius 1 is 1.11 bits per heavy atom. The van der Waals surface area contributed by atoms with E-state index in [9.17, 15) is 13.2 Å². The molecule has 1 unspecified atom stereocenters. The van der Waals surface area contributed by atoms with Gasteiger partial charge in [0.25, 0.3) is 0 Å². The lowest BCUT2D eigenvalue weighted by Crippen LogP contribution is -2.45. The van der Waals surface area contributed by atoms with Gasteiger partial charge in [0.1, 0.15) is 5.75 Å². The smallest absolute Gasteiger partial charge is 0.243 e. The first-order valence-electron chi connectivity index (χ1n) is 9.02. The number of carbonyl (C=O) groups is 1. The summed E-state index contributed by atoms with van der Waals surface area (Å²) in [6.07, 6.45) is 2.50. The summed E-state index contributed by atoms with van der Waals surface area (Å²) in [5, 5.41) is 2.84. The Morgan fingerprint density at radius 2 is 1.81 bits per heavy atom. The molecule has 1 aliphatic heterocycles. The number of hydrogen-bond donors (Lipinski definition) is 1. The third kappa shape index (κ3) is 4.48. The van der Waals surface area contributed by atoms with Gasteiger partial charge in [-0.1, -0.05) is 36.8 Å². The van der Waals surface area contributed by atoms with Crippen LogP contribution in [0.3, 0.4) is 0 Å². The van der Waals surface area contributed by atoms with Gasteiger partial charge in [0.2, 0.25) is 15.9 Å². The van der Waals surface area contributed by atoms with E-state index in [1.54, 1.807) is 49.6 Å². The van der Waals surface area contributed by atoms with Gasteiger partial charge in [-0.2, -0.15) is 4.31 Å². The second-order valence-corrected chi connectivity index (χ2v) is 8.42. The van der Waals surface area contributed by atoms with Crippen LogP contribution in [0.15, 0.2) is 59.5 Å². The Hall–Kier alpha value is -2.38. The van der Waals surface area contributed by atoms with Crippen LogP contribution in [0, 0.1) is 0 Å². The van der Waals surface area contributed by atoms with Crippen LogP contribution in [0.4, 0.5) is 5.69 Å². The zero-order valence-electron chi connectivity index (χ0n) is 15.3. The van der Waals surface area contributed by atoms with E-state index in [4.69, 9.17) is 4.74 Å². The van der Waals surface area contributed by atoms with Crippen molar-refractivity contribution in [2.45, 2.75) is 36.6 Å². The maximum atomic E-state index is 13.0. The van der Waals surface area contributed by atoms with Crippen molar-refractivity contribution in [3.05, 3.63) is 54.6 Å². The van der Waals surface area contributed by atoms with Crippen LogP contribution in [0.1, 0.15) is 25.7 Å². The van der Waals surface area contributed by atoms with Crippen LogP contribution in [-0.2, 0) is 14.8 Å². The molecule has 1 fully saturated rings. The Kier molecular flexibility index (Phi) is 6.13. The van der Waals surface area contributed by atoms with E-state index in [2.05, 4.69) is 5.32 Å². The highest BCUT2D eigenvalue weighted by Crippen LogP contribution is 2.28. The molecule has 7 heteroatoms. The largest absolute Gasteiger partial charge is 0.495 e. The molecule has 1 heterocycles. The zero-order valence-corrected chi connectivity index (χ0v) is 16.1. The van der Waals surface area contributed by atoms with Crippen molar-refractivity contribution in [1.29, 1.82) is 0 Å². The quantitative estimate of drug-likeness (QED) is 0.824. The van der Waals surface area contributed by atoms with Crippen molar-refractivity contribution < 1.29 is 17.9 Å². The van der Waals surface area contributed by atoms with Gasteiger partial charge in [0, 0.05) is 19.0 Å². The number of nitrogens with zero attached hydrogens (tertiary/aromatic N) is 1. The lowest BCUT2D eigenvalue weighted by atomic mass is 10.0. The number of hydrogen-bond acceptors (Lipinski definition) is 4. The van der Waals surface area contributed by atoms with Gasteiger partial charge >= 0.3 is 0 Å². The van der Waals surface area contributed by atoms with E-state index < -0.39 is 10.0 Å². The number of nitrogens with one attached hydrogen (secondary N) is 1. The number of anilines is 1. The summed E-state index contributed by atoms with van der Waals surface area (Å²) in [4.78, 5) is 12.8. The fourth-order valence-corrected chi connectivity index (χ4v) is 5.10. The van der Waals surface area contributed by atoms with Gasteiger partial charge in [0.15, 0.2) is 0 Å². The van der Waals surface area contributed by atoms with E-state index in [0.717, 1.165) is 12.8 Å². The van der Waals surface area contributed by atoms with Gasteiger partial charge in [-0.25, -0.2) is 8.42 Å². The second-order valence-electron chi connectivity index (χ2n) is 6.53. The molecular weight excluding hydrogens is 364 g/mol. The molecule has 0 saturated carbocycles. The minimum atomic E-state index is -3.61. The summed E-state index contributed by atoms with van der Waals surface area (Å²) in [6, 6.07) is 15.2. The first kappa shape index (κ1) is 19.4. The molecule has 1 amide bonds. The molecular formula is C20H24N2O4S. The summed E-state index contributed by atoms with van der Waals surface area (Å²) >= 11 is 0. The Labute approximate surface area is 160 Å². The van der Waals surface area contributed by atoms with Crippen LogP contribution in [0.2, 0.25) is 0 Å². The molecule has 3 rings (SSSR count). The average molecular weight is 388 g/mol. The maximum Gasteiger partial charge on any atom is 0.243 e. The molecule has 0 radical (unpaired) electrons. The molecule has 144 valence electrons. The number of piperidine rings is 1. The number of amides is 1. The van der Waals surface area contributed by atoms with Crippen LogP contribution in [0.25, 0.3) is 0 Å². The van der Waals surface area contributed by atoms with Crippen molar-refractivity contribution in [1.82, 2.24) is 4.31 Å². The van der Waals surface area contributed by atoms with Crippen LogP contribution < -0.4 is 10.1 Å². The summed E-state index contributed by atoms with van der Waals surface area (Å²) in [7, 11) is -2.07. The molecule has 27 heavy (non-hydrogen) atoms. The normalized spacial score (nSPS) is 18.0. The minimum absolute atomic E-state index is 0.115. The Bertz CT molecular complexity index is 884. The molecule has 1 atom stereocenters. The van der Waals surface area contributed by atoms with E-state index in [1.807, 2.05) is 12.1 Å². The summed E-state index contributed by atoms with van der Waals surface area (Å²) in [5.41, 5.74) is 0.582. The lowest BCUT2D eigenvalue weighted by molar-refractivity contribution is -0.117. The topological polar surface area (TPSA) is 75.7 Å². The SMILES string of the molecule is COc1ccccc1NC(=O)CC1CCCCN1S(=O)(=O)c1ccccc1.